The van der Waals surface area contributed by atoms with Crippen LogP contribution in [0.4, 0.5) is 0 Å². The zero-order valence-electron chi connectivity index (χ0n) is 24.7. The van der Waals surface area contributed by atoms with Gasteiger partial charge in [0.2, 0.25) is 0 Å². The van der Waals surface area contributed by atoms with E-state index in [0.717, 1.165) is 19.3 Å². The molecule has 0 N–H and O–H groups in total. The van der Waals surface area contributed by atoms with Gasteiger partial charge >= 0.3 is 17.9 Å². The van der Waals surface area contributed by atoms with Crippen molar-refractivity contribution >= 4 is 17.9 Å². The van der Waals surface area contributed by atoms with Gasteiger partial charge in [0.05, 0.1) is 12.5 Å². The minimum atomic E-state index is -0.439. The van der Waals surface area contributed by atoms with Gasteiger partial charge in [-0.2, -0.15) is 0 Å². The van der Waals surface area contributed by atoms with Crippen LogP contribution in [0.25, 0.3) is 0 Å². The minimum Gasteiger partial charge on any atom is -0.472 e. The van der Waals surface area contributed by atoms with Gasteiger partial charge in [-0.1, -0.05) is 46.3 Å². The number of furan rings is 1. The molecule has 7 heteroatoms. The SMILES string of the molecule is CC(=O)O[C@H]1C[C@@H](OC(C)=O)C(C)(C)C2C[C@@H](OC(C)=O)[C@@]3(C)C4=CC[C@@H](c5ccoc5)[C@]4(C)CCC3[C@]21C. The van der Waals surface area contributed by atoms with Crippen molar-refractivity contribution in [3.05, 3.63) is 35.8 Å². The summed E-state index contributed by atoms with van der Waals surface area (Å²) in [6.07, 6.45) is 8.67. The number of hydrogen-bond acceptors (Lipinski definition) is 7. The highest BCUT2D eigenvalue weighted by Gasteiger charge is 2.72. The summed E-state index contributed by atoms with van der Waals surface area (Å²) in [6.45, 7) is 15.6. The topological polar surface area (TPSA) is 92.0 Å². The van der Waals surface area contributed by atoms with E-state index in [0.29, 0.717) is 18.8 Å². The molecule has 0 spiro atoms. The molecule has 9 atom stereocenters. The van der Waals surface area contributed by atoms with Crippen molar-refractivity contribution in [2.45, 2.75) is 112 Å². The largest absolute Gasteiger partial charge is 0.472 e. The normalized spacial score (nSPS) is 42.3. The Kier molecular flexibility index (Phi) is 6.63. The molecule has 0 saturated heterocycles. The third-order valence-electron chi connectivity index (χ3n) is 11.5. The molecule has 4 aliphatic carbocycles. The zero-order valence-corrected chi connectivity index (χ0v) is 24.7. The molecular weight excluding hydrogens is 496 g/mol. The lowest BCUT2D eigenvalue weighted by molar-refractivity contribution is -0.261. The lowest BCUT2D eigenvalue weighted by atomic mass is 9.36. The molecule has 0 aromatic carbocycles. The fourth-order valence-electron chi connectivity index (χ4n) is 9.96. The van der Waals surface area contributed by atoms with Crippen LogP contribution in [-0.4, -0.2) is 36.2 Å². The monoisotopic (exact) mass is 540 g/mol. The second-order valence-corrected chi connectivity index (χ2v) is 13.8. The molecule has 1 aromatic heterocycles. The summed E-state index contributed by atoms with van der Waals surface area (Å²) in [5.74, 6) is -0.574. The zero-order chi connectivity index (χ0) is 28.5. The third kappa shape index (κ3) is 4.01. The molecule has 3 fully saturated rings. The smallest absolute Gasteiger partial charge is 0.302 e. The molecule has 214 valence electrons. The molecule has 1 aromatic rings. The van der Waals surface area contributed by atoms with E-state index in [-0.39, 0.29) is 41.3 Å². The Labute approximate surface area is 232 Å². The Morgan fingerprint density at radius 3 is 2.05 bits per heavy atom. The fourth-order valence-corrected chi connectivity index (χ4v) is 9.96. The van der Waals surface area contributed by atoms with Crippen LogP contribution in [0.2, 0.25) is 0 Å². The number of rotatable bonds is 4. The molecule has 3 saturated carbocycles. The quantitative estimate of drug-likeness (QED) is 0.249. The van der Waals surface area contributed by atoms with E-state index in [1.54, 1.807) is 6.26 Å². The first kappa shape index (κ1) is 28.0. The van der Waals surface area contributed by atoms with Gasteiger partial charge in [-0.05, 0) is 60.5 Å². The van der Waals surface area contributed by atoms with Crippen molar-refractivity contribution < 1.29 is 33.0 Å². The van der Waals surface area contributed by atoms with E-state index in [9.17, 15) is 14.4 Å². The molecule has 0 radical (unpaired) electrons. The fraction of sp³-hybridized carbons (Fsp3) is 0.719. The second kappa shape index (κ2) is 9.24. The van der Waals surface area contributed by atoms with Crippen LogP contribution in [0.15, 0.2) is 34.7 Å². The van der Waals surface area contributed by atoms with Gasteiger partial charge in [0, 0.05) is 43.4 Å². The van der Waals surface area contributed by atoms with Gasteiger partial charge in [0.1, 0.15) is 18.3 Å². The lowest BCUT2D eigenvalue weighted by Crippen LogP contribution is -2.70. The third-order valence-corrected chi connectivity index (χ3v) is 11.5. The number of allylic oxidation sites excluding steroid dienone is 1. The number of carbonyl (C=O) groups is 3. The lowest BCUT2D eigenvalue weighted by Gasteiger charge is -2.69. The summed E-state index contributed by atoms with van der Waals surface area (Å²) >= 11 is 0. The summed E-state index contributed by atoms with van der Waals surface area (Å²) in [5, 5.41) is 0. The molecular formula is C32H44O7. The van der Waals surface area contributed by atoms with Crippen molar-refractivity contribution in [1.82, 2.24) is 0 Å². The molecule has 0 amide bonds. The summed E-state index contributed by atoms with van der Waals surface area (Å²) in [6, 6.07) is 2.07. The van der Waals surface area contributed by atoms with Gasteiger partial charge in [0.25, 0.3) is 0 Å². The predicted molar refractivity (Wildman–Crippen MR) is 144 cm³/mol. The summed E-state index contributed by atoms with van der Waals surface area (Å²) < 4.78 is 23.7. The average molecular weight is 541 g/mol. The van der Waals surface area contributed by atoms with Crippen LogP contribution in [0.1, 0.15) is 99.0 Å². The maximum atomic E-state index is 12.6. The Bertz CT molecular complexity index is 1180. The number of hydrogen-bond donors (Lipinski definition) is 0. The molecule has 2 unspecified atom stereocenters. The molecule has 5 rings (SSSR count). The number of carbonyl (C=O) groups excluding carboxylic acids is 3. The second-order valence-electron chi connectivity index (χ2n) is 13.8. The first-order chi connectivity index (χ1) is 18.2. The van der Waals surface area contributed by atoms with Crippen LogP contribution in [0.5, 0.6) is 0 Å². The Morgan fingerprint density at radius 2 is 1.46 bits per heavy atom. The molecule has 0 aliphatic heterocycles. The van der Waals surface area contributed by atoms with Crippen molar-refractivity contribution in [2.24, 2.45) is 33.5 Å². The average Bonchev–Trinajstić information content (AvgIpc) is 3.46. The maximum Gasteiger partial charge on any atom is 0.302 e. The highest BCUT2D eigenvalue weighted by molar-refractivity contribution is 5.67. The van der Waals surface area contributed by atoms with E-state index in [2.05, 4.69) is 46.8 Å². The Morgan fingerprint density at radius 1 is 0.846 bits per heavy atom. The molecule has 7 nitrogen and oxygen atoms in total. The van der Waals surface area contributed by atoms with Gasteiger partial charge in [-0.25, -0.2) is 0 Å². The van der Waals surface area contributed by atoms with Crippen LogP contribution in [0, 0.1) is 33.5 Å². The summed E-state index contributed by atoms with van der Waals surface area (Å²) in [5.41, 5.74) is 1.19. The molecule has 0 bridgehead atoms. The van der Waals surface area contributed by atoms with E-state index in [1.165, 1.54) is 31.9 Å². The first-order valence-corrected chi connectivity index (χ1v) is 14.4. The highest BCUT2D eigenvalue weighted by Crippen LogP contribution is 2.74. The van der Waals surface area contributed by atoms with Gasteiger partial charge < -0.3 is 18.6 Å². The molecule has 39 heavy (non-hydrogen) atoms. The van der Waals surface area contributed by atoms with Gasteiger partial charge in [-0.3, -0.25) is 14.4 Å². The molecule has 4 aliphatic rings. The van der Waals surface area contributed by atoms with Crippen LogP contribution in [-0.2, 0) is 28.6 Å². The van der Waals surface area contributed by atoms with Crippen LogP contribution in [0.3, 0.4) is 0 Å². The number of fused-ring (bicyclic) bond motifs is 5. The standard InChI is InChI=1S/C32H44O7/c1-18(33)37-26-16-28(39-20(3)35)32(8)24-11-13-30(6)22(21-12-14-36-17-21)9-10-23(30)31(24,7)27(38-19(2)34)15-25(32)29(26,4)5/h10,12,14,17,22,24-28H,9,11,13,15-16H2,1-8H3/t22-,24?,25?,26+,27+,28-,30-,31-,32+/m0/s1. The predicted octanol–water partition coefficient (Wildman–Crippen LogP) is 6.37. The Balaban J connectivity index is 1.65. The minimum absolute atomic E-state index is 0.00842. The van der Waals surface area contributed by atoms with Crippen LogP contribution >= 0.6 is 0 Å². The van der Waals surface area contributed by atoms with E-state index < -0.39 is 28.5 Å². The van der Waals surface area contributed by atoms with E-state index >= 15 is 0 Å². The summed E-state index contributed by atoms with van der Waals surface area (Å²) in [7, 11) is 0. The maximum absolute atomic E-state index is 12.6. The van der Waals surface area contributed by atoms with Crippen LogP contribution < -0.4 is 0 Å². The summed E-state index contributed by atoms with van der Waals surface area (Å²) in [4.78, 5) is 37.2. The Hall–Kier alpha value is -2.57. The van der Waals surface area contributed by atoms with Gasteiger partial charge in [0.15, 0.2) is 0 Å². The first-order valence-electron chi connectivity index (χ1n) is 14.4. The number of ether oxygens (including phenoxy) is 3. The van der Waals surface area contributed by atoms with Crippen molar-refractivity contribution in [3.8, 4) is 0 Å². The van der Waals surface area contributed by atoms with Crippen molar-refractivity contribution in [1.29, 1.82) is 0 Å². The van der Waals surface area contributed by atoms with E-state index in [4.69, 9.17) is 18.6 Å². The molecule has 1 heterocycles. The van der Waals surface area contributed by atoms with Crippen molar-refractivity contribution in [2.75, 3.05) is 0 Å². The highest BCUT2D eigenvalue weighted by atomic mass is 16.6. The number of esters is 3. The van der Waals surface area contributed by atoms with Gasteiger partial charge in [-0.15, -0.1) is 0 Å². The van der Waals surface area contributed by atoms with E-state index in [1.807, 2.05) is 6.26 Å². The van der Waals surface area contributed by atoms with Crippen molar-refractivity contribution in [3.63, 3.8) is 0 Å².